The maximum Gasteiger partial charge on any atom is 0.490 e. The van der Waals surface area contributed by atoms with Gasteiger partial charge in [0, 0.05) is 6.42 Å². The van der Waals surface area contributed by atoms with Crippen LogP contribution in [0.3, 0.4) is 0 Å². The standard InChI is InChI=1S/C12H17F3O4/c1-2-3-4-5-6-9(16)7-10(17)8-19-11(18)12(13,14)15/h2-8H2,1H3. The van der Waals surface area contributed by atoms with E-state index in [9.17, 15) is 27.6 Å². The number of hydrogen-bond donors (Lipinski definition) is 0. The van der Waals surface area contributed by atoms with Gasteiger partial charge in [-0.05, 0) is 6.42 Å². The molecular weight excluding hydrogens is 265 g/mol. The topological polar surface area (TPSA) is 60.4 Å². The molecule has 0 aromatic carbocycles. The Morgan fingerprint density at radius 3 is 2.16 bits per heavy atom. The van der Waals surface area contributed by atoms with Crippen LogP contribution in [0.5, 0.6) is 0 Å². The fourth-order valence-electron chi connectivity index (χ4n) is 1.34. The van der Waals surface area contributed by atoms with Gasteiger partial charge in [0.2, 0.25) is 0 Å². The number of carbonyl (C=O) groups is 3. The van der Waals surface area contributed by atoms with Gasteiger partial charge in [0.1, 0.15) is 5.78 Å². The number of hydrogen-bond acceptors (Lipinski definition) is 4. The van der Waals surface area contributed by atoms with Gasteiger partial charge < -0.3 is 4.74 Å². The summed E-state index contributed by atoms with van der Waals surface area (Å²) in [5.74, 6) is -3.58. The van der Waals surface area contributed by atoms with Crippen LogP contribution in [0.25, 0.3) is 0 Å². The molecule has 0 bridgehead atoms. The minimum absolute atomic E-state index is 0.221. The molecule has 0 unspecified atom stereocenters. The van der Waals surface area contributed by atoms with Crippen molar-refractivity contribution in [3.63, 3.8) is 0 Å². The third-order valence-corrected chi connectivity index (χ3v) is 2.30. The predicted octanol–water partition coefficient (Wildman–Crippen LogP) is 2.59. The van der Waals surface area contributed by atoms with Gasteiger partial charge in [0.15, 0.2) is 12.4 Å². The zero-order valence-corrected chi connectivity index (χ0v) is 10.7. The van der Waals surface area contributed by atoms with Gasteiger partial charge in [-0.25, -0.2) is 4.79 Å². The van der Waals surface area contributed by atoms with E-state index in [4.69, 9.17) is 0 Å². The molecule has 110 valence electrons. The minimum Gasteiger partial charge on any atom is -0.451 e. The lowest BCUT2D eigenvalue weighted by molar-refractivity contribution is -0.199. The van der Waals surface area contributed by atoms with E-state index < -0.39 is 31.0 Å². The Morgan fingerprint density at radius 1 is 1.00 bits per heavy atom. The number of alkyl halides is 3. The number of ether oxygens (including phenoxy) is 1. The third-order valence-electron chi connectivity index (χ3n) is 2.30. The number of Topliss-reactive ketones (excluding diaryl/α,β-unsaturated/α-hetero) is 2. The van der Waals surface area contributed by atoms with Gasteiger partial charge >= 0.3 is 12.1 Å². The molecule has 0 amide bonds. The summed E-state index contributed by atoms with van der Waals surface area (Å²) >= 11 is 0. The molecule has 0 saturated heterocycles. The van der Waals surface area contributed by atoms with E-state index in [-0.39, 0.29) is 12.2 Å². The Hall–Kier alpha value is -1.40. The number of rotatable bonds is 9. The predicted molar refractivity (Wildman–Crippen MR) is 60.4 cm³/mol. The molecule has 0 aromatic heterocycles. The molecule has 0 aliphatic rings. The van der Waals surface area contributed by atoms with Crippen molar-refractivity contribution < 1.29 is 32.3 Å². The molecule has 0 spiro atoms. The van der Waals surface area contributed by atoms with Crippen molar-refractivity contribution in [3.05, 3.63) is 0 Å². The van der Waals surface area contributed by atoms with E-state index in [1.54, 1.807) is 0 Å². The summed E-state index contributed by atoms with van der Waals surface area (Å²) in [6.07, 6.45) is -1.85. The quantitative estimate of drug-likeness (QED) is 0.370. The molecule has 0 radical (unpaired) electrons. The van der Waals surface area contributed by atoms with Crippen LogP contribution >= 0.6 is 0 Å². The Bertz CT molecular complexity index is 323. The second-order valence-corrected chi connectivity index (χ2v) is 4.14. The smallest absolute Gasteiger partial charge is 0.451 e. The van der Waals surface area contributed by atoms with E-state index in [0.717, 1.165) is 19.3 Å². The normalized spacial score (nSPS) is 11.2. The van der Waals surface area contributed by atoms with Crippen LogP contribution < -0.4 is 0 Å². The van der Waals surface area contributed by atoms with E-state index in [2.05, 4.69) is 4.74 Å². The van der Waals surface area contributed by atoms with Crippen LogP contribution in [-0.4, -0.2) is 30.3 Å². The SMILES string of the molecule is CCCCCCC(=O)CC(=O)COC(=O)C(F)(F)F. The number of esters is 1. The average molecular weight is 282 g/mol. The summed E-state index contributed by atoms with van der Waals surface area (Å²) in [5, 5.41) is 0. The van der Waals surface area contributed by atoms with Crippen LogP contribution in [0.2, 0.25) is 0 Å². The van der Waals surface area contributed by atoms with Crippen molar-refractivity contribution in [1.29, 1.82) is 0 Å². The average Bonchev–Trinajstić information content (AvgIpc) is 2.30. The maximum atomic E-state index is 11.7. The fourth-order valence-corrected chi connectivity index (χ4v) is 1.34. The number of unbranched alkanes of at least 4 members (excludes halogenated alkanes) is 3. The van der Waals surface area contributed by atoms with Crippen LogP contribution in [0.15, 0.2) is 0 Å². The Labute approximate surface area is 109 Å². The molecule has 0 aromatic rings. The molecule has 7 heteroatoms. The van der Waals surface area contributed by atoms with Crippen molar-refractivity contribution in [2.75, 3.05) is 6.61 Å². The maximum absolute atomic E-state index is 11.7. The highest BCUT2D eigenvalue weighted by molar-refractivity contribution is 6.00. The molecule has 0 atom stereocenters. The first-order chi connectivity index (χ1) is 8.77. The zero-order valence-electron chi connectivity index (χ0n) is 10.7. The zero-order chi connectivity index (χ0) is 14.9. The summed E-state index contributed by atoms with van der Waals surface area (Å²) in [4.78, 5) is 32.7. The molecule has 0 fully saturated rings. The molecule has 19 heavy (non-hydrogen) atoms. The van der Waals surface area contributed by atoms with E-state index in [0.29, 0.717) is 6.42 Å². The first kappa shape index (κ1) is 17.6. The van der Waals surface area contributed by atoms with Crippen molar-refractivity contribution in [2.45, 2.75) is 51.6 Å². The summed E-state index contributed by atoms with van der Waals surface area (Å²) in [7, 11) is 0. The lowest BCUT2D eigenvalue weighted by Gasteiger charge is -2.06. The van der Waals surface area contributed by atoms with E-state index >= 15 is 0 Å². The molecule has 4 nitrogen and oxygen atoms in total. The Balaban J connectivity index is 3.80. The molecule has 0 aliphatic heterocycles. The Kier molecular flexibility index (Phi) is 8.02. The van der Waals surface area contributed by atoms with Gasteiger partial charge in [-0.15, -0.1) is 0 Å². The highest BCUT2D eigenvalue weighted by atomic mass is 19.4. The van der Waals surface area contributed by atoms with E-state index in [1.807, 2.05) is 6.92 Å². The molecule has 0 rings (SSSR count). The summed E-state index contributed by atoms with van der Waals surface area (Å²) in [6, 6.07) is 0. The van der Waals surface area contributed by atoms with Crippen molar-refractivity contribution in [3.8, 4) is 0 Å². The van der Waals surface area contributed by atoms with Crippen LogP contribution in [0.1, 0.15) is 45.4 Å². The highest BCUT2D eigenvalue weighted by Crippen LogP contribution is 2.16. The molecule has 0 N–H and O–H groups in total. The minimum atomic E-state index is -5.12. The molecule has 0 heterocycles. The lowest BCUT2D eigenvalue weighted by atomic mass is 10.1. The number of ketones is 2. The first-order valence-corrected chi connectivity index (χ1v) is 6.04. The van der Waals surface area contributed by atoms with Crippen molar-refractivity contribution >= 4 is 17.5 Å². The van der Waals surface area contributed by atoms with Gasteiger partial charge in [-0.3, -0.25) is 9.59 Å². The molecule has 0 aliphatic carbocycles. The third kappa shape index (κ3) is 9.21. The largest absolute Gasteiger partial charge is 0.490 e. The van der Waals surface area contributed by atoms with E-state index in [1.165, 1.54) is 0 Å². The summed E-state index contributed by atoms with van der Waals surface area (Å²) in [5.41, 5.74) is 0. The number of halogens is 3. The second kappa shape index (κ2) is 8.66. The monoisotopic (exact) mass is 282 g/mol. The first-order valence-electron chi connectivity index (χ1n) is 6.04. The highest BCUT2D eigenvalue weighted by Gasteiger charge is 2.41. The second-order valence-electron chi connectivity index (χ2n) is 4.14. The van der Waals surface area contributed by atoms with Gasteiger partial charge in [-0.2, -0.15) is 13.2 Å². The molecular formula is C12H17F3O4. The number of carbonyl (C=O) groups excluding carboxylic acids is 3. The summed E-state index contributed by atoms with van der Waals surface area (Å²) in [6.45, 7) is 0.999. The molecule has 0 saturated carbocycles. The fraction of sp³-hybridized carbons (Fsp3) is 0.750. The van der Waals surface area contributed by atoms with Gasteiger partial charge in [-0.1, -0.05) is 26.2 Å². The van der Waals surface area contributed by atoms with Gasteiger partial charge in [0.25, 0.3) is 0 Å². The Morgan fingerprint density at radius 2 is 1.63 bits per heavy atom. The lowest BCUT2D eigenvalue weighted by Crippen LogP contribution is -2.28. The van der Waals surface area contributed by atoms with Crippen molar-refractivity contribution in [1.82, 2.24) is 0 Å². The van der Waals surface area contributed by atoms with Gasteiger partial charge in [0.05, 0.1) is 6.42 Å². The van der Waals surface area contributed by atoms with Crippen LogP contribution in [0.4, 0.5) is 13.2 Å². The summed E-state index contributed by atoms with van der Waals surface area (Å²) < 4.78 is 39.0. The van der Waals surface area contributed by atoms with Crippen LogP contribution in [0, 0.1) is 0 Å². The van der Waals surface area contributed by atoms with Crippen molar-refractivity contribution in [2.24, 2.45) is 0 Å². The van der Waals surface area contributed by atoms with Crippen LogP contribution in [-0.2, 0) is 19.1 Å².